The van der Waals surface area contributed by atoms with Crippen LogP contribution in [0.5, 0.6) is 46.0 Å². The average Bonchev–Trinajstić information content (AvgIpc) is 0.769. The van der Waals surface area contributed by atoms with Crippen molar-refractivity contribution in [2.75, 3.05) is 92.4 Å². The Hall–Kier alpha value is -11.2. The summed E-state index contributed by atoms with van der Waals surface area (Å²) in [6.45, 7) is 9.41. The summed E-state index contributed by atoms with van der Waals surface area (Å²) in [4.78, 5) is 58.0. The normalized spacial score (nSPS) is 17.1. The molecule has 0 fully saturated rings. The van der Waals surface area contributed by atoms with Crippen LogP contribution in [0.25, 0.3) is 10.8 Å². The van der Waals surface area contributed by atoms with Gasteiger partial charge in [0, 0.05) is 70.3 Å². The molecule has 580 valence electrons. The van der Waals surface area contributed by atoms with Crippen LogP contribution in [0.4, 0.5) is 25.2 Å². The van der Waals surface area contributed by atoms with Crippen molar-refractivity contribution in [3.05, 3.63) is 238 Å². The van der Waals surface area contributed by atoms with E-state index >= 15 is 0 Å². The first-order chi connectivity index (χ1) is 53.2. The summed E-state index contributed by atoms with van der Waals surface area (Å²) in [6, 6.07) is 53.2. The molecular weight excluding hydrogens is 1460 g/mol. The molecule has 32 heteroatoms. The van der Waals surface area contributed by atoms with Crippen LogP contribution in [-0.2, 0) is 71.6 Å². The van der Waals surface area contributed by atoms with Gasteiger partial charge in [0.05, 0.1) is 65.2 Å². The van der Waals surface area contributed by atoms with Crippen LogP contribution in [0, 0.1) is 0 Å². The summed E-state index contributed by atoms with van der Waals surface area (Å²) in [5.41, 5.74) is 6.71. The molecule has 0 atom stereocenters. The Morgan fingerprint density at radius 2 is 0.591 bits per heavy atom. The van der Waals surface area contributed by atoms with Crippen LogP contribution in [0.3, 0.4) is 0 Å². The van der Waals surface area contributed by atoms with E-state index < -0.39 is 31.4 Å². The number of nitrogens with two attached hydrogens (primary N) is 1. The fourth-order valence-corrected chi connectivity index (χ4v) is 11.9. The smallest absolute Gasteiger partial charge is 0.261 e. The minimum atomic E-state index is -10.7. The number of aromatic nitrogens is 6. The summed E-state index contributed by atoms with van der Waals surface area (Å²) < 4.78 is 132. The van der Waals surface area contributed by atoms with E-state index in [1.165, 1.54) is 20.9 Å². The molecule has 10 aromatic rings. The van der Waals surface area contributed by atoms with E-state index in [1.807, 2.05) is 121 Å². The Morgan fingerprint density at radius 3 is 0.891 bits per heavy atom. The van der Waals surface area contributed by atoms with Gasteiger partial charge in [0.1, 0.15) is 100 Å². The summed E-state index contributed by atoms with van der Waals surface area (Å²) in [5, 5.41) is 19.9. The number of benzene rings is 8. The number of imide groups is 2. The van der Waals surface area contributed by atoms with E-state index in [-0.39, 0.29) is 48.6 Å². The maximum atomic E-state index is 13.9. The number of nitrogens with zero attached hydrogens (tertiary/aromatic N) is 8. The first-order valence-corrected chi connectivity index (χ1v) is 37.6. The van der Waals surface area contributed by atoms with E-state index in [2.05, 4.69) is 50.2 Å². The molecular formula is C78H80F6N9O16P. The van der Waals surface area contributed by atoms with E-state index in [1.54, 1.807) is 46.0 Å². The molecule has 27 rings (SSSR count). The Morgan fingerprint density at radius 1 is 0.318 bits per heavy atom. The predicted octanol–water partition coefficient (Wildman–Crippen LogP) is 12.7. The van der Waals surface area contributed by atoms with Gasteiger partial charge in [-0.25, -0.2) is 0 Å². The fourth-order valence-electron chi connectivity index (χ4n) is 11.9. The molecule has 8 aromatic carbocycles. The second-order valence-electron chi connectivity index (χ2n) is 25.4. The second-order valence-corrected chi connectivity index (χ2v) is 27.3. The molecule has 110 heavy (non-hydrogen) atoms. The third-order valence-corrected chi connectivity index (χ3v) is 17.2. The Balaban J connectivity index is 0.000000239. The van der Waals surface area contributed by atoms with Crippen molar-refractivity contribution in [1.82, 2.24) is 39.8 Å². The molecule has 17 aliphatic heterocycles. The number of hydrogen-bond donors (Lipinski definition) is 1. The second kappa shape index (κ2) is 36.3. The number of ether oxygens (including phenoxy) is 12. The van der Waals surface area contributed by atoms with Crippen LogP contribution < -0.4 is 43.2 Å². The van der Waals surface area contributed by atoms with Gasteiger partial charge < -0.3 is 62.2 Å². The average molecular weight is 1540 g/mol. The molecule has 0 radical (unpaired) electrons. The molecule has 0 saturated heterocycles. The van der Waals surface area contributed by atoms with Gasteiger partial charge in [0.15, 0.2) is 23.0 Å². The number of para-hydroxylation sites is 4. The first-order valence-electron chi connectivity index (χ1n) is 35.5. The molecule has 19 heterocycles. The molecule has 0 unspecified atom stereocenters. The Kier molecular flexibility index (Phi) is 25.9. The Labute approximate surface area is 627 Å². The fraction of sp³-hybridized carbons (Fsp3) is 0.308. The molecule has 0 spiro atoms. The van der Waals surface area contributed by atoms with Crippen molar-refractivity contribution >= 4 is 42.2 Å². The first kappa shape index (κ1) is 78.4. The number of rotatable bonds is 0. The van der Waals surface area contributed by atoms with Gasteiger partial charge in [-0.2, -0.15) is 0 Å². The topological polar surface area (TPSA) is 264 Å². The summed E-state index contributed by atoms with van der Waals surface area (Å²) in [5.74, 6) is 3.72. The summed E-state index contributed by atoms with van der Waals surface area (Å²) in [6.07, 6.45) is 4.38. The third-order valence-electron chi connectivity index (χ3n) is 17.2. The van der Waals surface area contributed by atoms with Crippen molar-refractivity contribution in [2.45, 2.75) is 65.4 Å². The van der Waals surface area contributed by atoms with E-state index in [0.29, 0.717) is 175 Å². The number of fused-ring (bicyclic) bond motifs is 2. The van der Waals surface area contributed by atoms with Crippen LogP contribution in [0.15, 0.2) is 182 Å². The van der Waals surface area contributed by atoms with Gasteiger partial charge in [-0.3, -0.25) is 38.3 Å². The van der Waals surface area contributed by atoms with Gasteiger partial charge in [-0.15, -0.1) is 10.2 Å². The molecule has 0 saturated carbocycles. The van der Waals surface area contributed by atoms with E-state index in [4.69, 9.17) is 56.8 Å². The molecule has 17 aliphatic rings. The van der Waals surface area contributed by atoms with Crippen molar-refractivity contribution in [3.63, 3.8) is 0 Å². The van der Waals surface area contributed by atoms with Crippen molar-refractivity contribution < 1.29 is 107 Å². The number of aryl methyl sites for hydroxylation is 2. The number of halogens is 6. The SMILES string of the molecule is F[P-](F)(F)(F)(F)F.O=C1c2ccc3c4c5ccc(c24)C(=O)N1CCCn1cc(nn1)COc1ccc(cc1)COc1ccc(cc1)C[NH2+]Cc1ccc(cc1)OCc1ccc(cc1)OCc1cn(nn1)CCCN(C3=O)C5=O.c1ccc2c(c1)OCCOCCOCCOc1ccccc1OCCOCCOCCO2. The van der Waals surface area contributed by atoms with Crippen molar-refractivity contribution in [3.8, 4) is 46.0 Å². The van der Waals surface area contributed by atoms with Crippen LogP contribution in [0.1, 0.15) is 87.9 Å². The zero-order valence-corrected chi connectivity index (χ0v) is 60.6. The van der Waals surface area contributed by atoms with E-state index in [0.717, 1.165) is 35.7 Å². The van der Waals surface area contributed by atoms with Crippen molar-refractivity contribution in [1.29, 1.82) is 0 Å². The van der Waals surface area contributed by atoms with Crippen LogP contribution >= 0.6 is 7.81 Å². The molecule has 25 nitrogen and oxygen atoms in total. The standard InChI is InChI=1S/C54H47N9O8.C24H32O8.F6P/c64-51-45-19-21-47-50-48-22-20-46(49(45)50)52(65)62(51)25-1-23-60-29-39(56-58-60)33-70-43-15-7-37(8-16-43)31-68-41-11-3-35(4-12-41)27-55-28-36-5-13-42(14-6-36)69-32-38-9-17-44(18-10-38)71-34-40-30-61(59-57-40)24-2-26-63(53(47)66)54(48)67;1-2-6-22-21(5-1)29-17-13-25-9-10-27-15-19-31-23-7-3-4-8-24(23)32-20-16-28-12-11-26-14-18-30-22;1-7(2,3,4,5)6/h3-22,29-30,55H,1-2,23-28,31-34H2;1-8H,9-20H2;/q;;-1/p+1. The molecule has 2 N–H and O–H groups in total. The number of carbonyl (C=O) groups is 4. The minimum absolute atomic E-state index is 0.125. The largest absolute Gasteiger partial charge is 0.489 e. The van der Waals surface area contributed by atoms with Crippen LogP contribution in [0.2, 0.25) is 0 Å². The zero-order chi connectivity index (χ0) is 76.8. The number of amides is 4. The predicted molar refractivity (Wildman–Crippen MR) is 388 cm³/mol. The Bertz CT molecular complexity index is 4330. The maximum absolute atomic E-state index is 13.9. The molecule has 2 aromatic heterocycles. The molecule has 4 amide bonds. The third kappa shape index (κ3) is 23.4. The molecule has 0 aliphatic carbocycles. The quantitative estimate of drug-likeness (QED) is 0.0840. The number of carbonyl (C=O) groups excluding carboxylic acids is 4. The number of quaternary nitrogens is 1. The summed E-state index contributed by atoms with van der Waals surface area (Å²) >= 11 is 0. The summed E-state index contributed by atoms with van der Waals surface area (Å²) in [7, 11) is -10.7. The van der Waals surface area contributed by atoms with Gasteiger partial charge >= 0.3 is 33.0 Å². The molecule has 20 bridgehead atoms. The zero-order valence-electron chi connectivity index (χ0n) is 59.7. The van der Waals surface area contributed by atoms with Gasteiger partial charge in [-0.05, 0) is 145 Å². The maximum Gasteiger partial charge on any atom is 0.261 e. The van der Waals surface area contributed by atoms with Crippen molar-refractivity contribution in [2.24, 2.45) is 0 Å². The van der Waals surface area contributed by atoms with Crippen LogP contribution in [-0.4, -0.2) is 156 Å². The monoisotopic (exact) mass is 1540 g/mol. The number of hydrogen-bond acceptors (Lipinski definition) is 20. The minimum Gasteiger partial charge on any atom is -0.489 e. The van der Waals surface area contributed by atoms with Gasteiger partial charge in [0.25, 0.3) is 23.6 Å². The van der Waals surface area contributed by atoms with Gasteiger partial charge in [-0.1, -0.05) is 59.0 Å². The van der Waals surface area contributed by atoms with Gasteiger partial charge in [0.2, 0.25) is 0 Å². The van der Waals surface area contributed by atoms with E-state index in [9.17, 15) is 44.4 Å².